The lowest BCUT2D eigenvalue weighted by atomic mass is 9.89. The van der Waals surface area contributed by atoms with Crippen LogP contribution in [-0.2, 0) is 16.0 Å². The first-order valence-electron chi connectivity index (χ1n) is 8.31. The van der Waals surface area contributed by atoms with E-state index in [2.05, 4.69) is 16.7 Å². The smallest absolute Gasteiger partial charge is 0.227 e. The number of rotatable bonds is 4. The molecule has 2 heterocycles. The summed E-state index contributed by atoms with van der Waals surface area (Å²) in [5, 5.41) is 15.2. The number of benzene rings is 1. The van der Waals surface area contributed by atoms with E-state index < -0.39 is 5.54 Å². The van der Waals surface area contributed by atoms with E-state index in [4.69, 9.17) is 0 Å². The third kappa shape index (κ3) is 3.73. The highest BCUT2D eigenvalue weighted by atomic mass is 32.2. The number of anilines is 1. The molecule has 2 aliphatic rings. The second-order valence-electron chi connectivity index (χ2n) is 6.44. The van der Waals surface area contributed by atoms with Crippen molar-refractivity contribution >= 4 is 29.3 Å². The van der Waals surface area contributed by atoms with E-state index in [1.54, 1.807) is 0 Å². The summed E-state index contributed by atoms with van der Waals surface area (Å²) in [5.41, 5.74) is 1.26. The van der Waals surface area contributed by atoms with Gasteiger partial charge in [-0.3, -0.25) is 9.59 Å². The summed E-state index contributed by atoms with van der Waals surface area (Å²) in [6.07, 6.45) is 2.82. The van der Waals surface area contributed by atoms with E-state index in [0.29, 0.717) is 25.7 Å². The first-order valence-corrected chi connectivity index (χ1v) is 9.46. The Morgan fingerprint density at radius 1 is 1.38 bits per heavy atom. The van der Waals surface area contributed by atoms with Crippen molar-refractivity contribution in [3.8, 4) is 6.07 Å². The molecule has 1 fully saturated rings. The van der Waals surface area contributed by atoms with Crippen LogP contribution in [-0.4, -0.2) is 28.9 Å². The van der Waals surface area contributed by atoms with Crippen molar-refractivity contribution in [1.29, 1.82) is 5.26 Å². The summed E-state index contributed by atoms with van der Waals surface area (Å²) in [7, 11) is 0. The van der Waals surface area contributed by atoms with Crippen molar-refractivity contribution in [2.75, 3.05) is 16.8 Å². The number of hydrogen-bond acceptors (Lipinski definition) is 4. The molecule has 0 aliphatic carbocycles. The van der Waals surface area contributed by atoms with Gasteiger partial charge in [-0.1, -0.05) is 18.2 Å². The molecule has 0 bridgehead atoms. The molecule has 0 unspecified atom stereocenters. The van der Waals surface area contributed by atoms with Gasteiger partial charge in [-0.15, -0.1) is 0 Å². The predicted molar refractivity (Wildman–Crippen MR) is 94.5 cm³/mol. The Hall–Kier alpha value is -2.00. The summed E-state index contributed by atoms with van der Waals surface area (Å²) >= 11 is 1.81. The molecule has 5 nitrogen and oxygen atoms in total. The fraction of sp³-hybridized carbons (Fsp3) is 0.500. The minimum atomic E-state index is -0.718. The van der Waals surface area contributed by atoms with Crippen LogP contribution in [0.25, 0.3) is 0 Å². The molecule has 126 valence electrons. The van der Waals surface area contributed by atoms with Crippen LogP contribution in [0.15, 0.2) is 24.3 Å². The van der Waals surface area contributed by atoms with Crippen LogP contribution < -0.4 is 10.6 Å². The molecule has 1 atom stereocenters. The highest BCUT2D eigenvalue weighted by molar-refractivity contribution is 7.99. The Morgan fingerprint density at radius 3 is 2.88 bits per heavy atom. The number of amides is 2. The normalized spacial score (nSPS) is 22.0. The Labute approximate surface area is 146 Å². The van der Waals surface area contributed by atoms with Crippen LogP contribution in [0.4, 0.5) is 5.69 Å². The van der Waals surface area contributed by atoms with Gasteiger partial charge in [-0.05, 0) is 48.8 Å². The number of carbonyl (C=O) groups excluding carboxylic acids is 2. The van der Waals surface area contributed by atoms with E-state index >= 15 is 0 Å². The Balaban J connectivity index is 1.55. The summed E-state index contributed by atoms with van der Waals surface area (Å²) < 4.78 is 0. The molecule has 1 saturated heterocycles. The van der Waals surface area contributed by atoms with E-state index in [0.717, 1.165) is 22.8 Å². The maximum atomic E-state index is 12.3. The molecule has 2 N–H and O–H groups in total. The Kier molecular flexibility index (Phi) is 5.10. The maximum Gasteiger partial charge on any atom is 0.227 e. The average molecular weight is 343 g/mol. The fourth-order valence-electron chi connectivity index (χ4n) is 3.27. The Bertz CT molecular complexity index is 677. The van der Waals surface area contributed by atoms with Gasteiger partial charge in [0.25, 0.3) is 0 Å². The average Bonchev–Trinajstić information content (AvgIpc) is 2.60. The third-order valence-corrected chi connectivity index (χ3v) is 5.76. The predicted octanol–water partition coefficient (Wildman–Crippen LogP) is 2.48. The van der Waals surface area contributed by atoms with Gasteiger partial charge in [0.15, 0.2) is 0 Å². The summed E-state index contributed by atoms with van der Waals surface area (Å²) in [6.45, 7) is 0. The number of nitriles is 1. The lowest BCUT2D eigenvalue weighted by Crippen LogP contribution is -2.49. The van der Waals surface area contributed by atoms with Gasteiger partial charge in [-0.25, -0.2) is 0 Å². The molecular weight excluding hydrogens is 322 g/mol. The van der Waals surface area contributed by atoms with Crippen LogP contribution in [0.3, 0.4) is 0 Å². The quantitative estimate of drug-likeness (QED) is 0.880. The summed E-state index contributed by atoms with van der Waals surface area (Å²) in [6, 6.07) is 10.0. The van der Waals surface area contributed by atoms with Gasteiger partial charge < -0.3 is 10.6 Å². The highest BCUT2D eigenvalue weighted by Gasteiger charge is 2.34. The van der Waals surface area contributed by atoms with E-state index in [-0.39, 0.29) is 24.2 Å². The zero-order valence-corrected chi connectivity index (χ0v) is 14.3. The van der Waals surface area contributed by atoms with Gasteiger partial charge in [0.1, 0.15) is 5.54 Å². The van der Waals surface area contributed by atoms with E-state index in [1.807, 2.05) is 36.0 Å². The number of hydrogen-bond donors (Lipinski definition) is 2. The fourth-order valence-corrected chi connectivity index (χ4v) is 4.46. The second kappa shape index (κ2) is 7.27. The number of carbonyl (C=O) groups is 2. The summed E-state index contributed by atoms with van der Waals surface area (Å²) in [5.74, 6) is 1.46. The van der Waals surface area contributed by atoms with Crippen molar-refractivity contribution < 1.29 is 9.59 Å². The monoisotopic (exact) mass is 343 g/mol. The SMILES string of the molecule is N#CC1(NC(=O)CC[C@H]2Cc3ccccc3NC2=O)CCSCC1. The van der Waals surface area contributed by atoms with Gasteiger partial charge >= 0.3 is 0 Å². The number of fused-ring (bicyclic) bond motifs is 1. The minimum Gasteiger partial charge on any atom is -0.338 e. The largest absolute Gasteiger partial charge is 0.338 e. The molecule has 3 rings (SSSR count). The number of nitrogens with zero attached hydrogens (tertiary/aromatic N) is 1. The first kappa shape index (κ1) is 16.8. The van der Waals surface area contributed by atoms with Crippen LogP contribution in [0.2, 0.25) is 0 Å². The van der Waals surface area contributed by atoms with Crippen molar-refractivity contribution in [3.05, 3.63) is 29.8 Å². The van der Waals surface area contributed by atoms with E-state index in [9.17, 15) is 14.9 Å². The number of thioether (sulfide) groups is 1. The lowest BCUT2D eigenvalue weighted by Gasteiger charge is -2.31. The van der Waals surface area contributed by atoms with Gasteiger partial charge in [0.05, 0.1) is 6.07 Å². The topological polar surface area (TPSA) is 82.0 Å². The highest BCUT2D eigenvalue weighted by Crippen LogP contribution is 2.29. The molecule has 0 spiro atoms. The number of para-hydroxylation sites is 1. The molecule has 2 aliphatic heterocycles. The van der Waals surface area contributed by atoms with Crippen molar-refractivity contribution in [3.63, 3.8) is 0 Å². The van der Waals surface area contributed by atoms with Crippen molar-refractivity contribution in [2.45, 2.75) is 37.6 Å². The molecule has 6 heteroatoms. The van der Waals surface area contributed by atoms with Gasteiger partial charge in [0.2, 0.25) is 11.8 Å². The van der Waals surface area contributed by atoms with Crippen LogP contribution >= 0.6 is 11.8 Å². The van der Waals surface area contributed by atoms with E-state index in [1.165, 1.54) is 0 Å². The molecule has 1 aromatic rings. The standard InChI is InChI=1S/C18H21N3O2S/c19-12-18(7-9-24-10-8-18)21-16(22)6-5-14-11-13-3-1-2-4-15(13)20-17(14)23/h1-4,14H,5-11H2,(H,20,23)(H,21,22)/t14-/m0/s1. The summed E-state index contributed by atoms with van der Waals surface area (Å²) in [4.78, 5) is 24.5. The van der Waals surface area contributed by atoms with Crippen LogP contribution in [0.5, 0.6) is 0 Å². The number of nitrogens with one attached hydrogen (secondary N) is 2. The molecule has 2 amide bonds. The van der Waals surface area contributed by atoms with Crippen LogP contribution in [0, 0.1) is 17.2 Å². The molecule has 1 aromatic carbocycles. The Morgan fingerprint density at radius 2 is 2.12 bits per heavy atom. The maximum absolute atomic E-state index is 12.3. The molecule has 0 radical (unpaired) electrons. The first-order chi connectivity index (χ1) is 11.6. The van der Waals surface area contributed by atoms with Crippen LogP contribution in [0.1, 0.15) is 31.2 Å². The van der Waals surface area contributed by atoms with Crippen molar-refractivity contribution in [2.24, 2.45) is 5.92 Å². The minimum absolute atomic E-state index is 0.0226. The molecule has 0 saturated carbocycles. The molecular formula is C18H21N3O2S. The lowest BCUT2D eigenvalue weighted by molar-refractivity contribution is -0.123. The third-order valence-electron chi connectivity index (χ3n) is 4.77. The van der Waals surface area contributed by atoms with Crippen molar-refractivity contribution in [1.82, 2.24) is 5.32 Å². The molecule has 0 aromatic heterocycles. The molecule has 24 heavy (non-hydrogen) atoms. The second-order valence-corrected chi connectivity index (χ2v) is 7.67. The zero-order valence-electron chi connectivity index (χ0n) is 13.5. The van der Waals surface area contributed by atoms with Gasteiger partial charge in [-0.2, -0.15) is 17.0 Å². The zero-order chi connectivity index (χ0) is 17.0. The van der Waals surface area contributed by atoms with Gasteiger partial charge in [0, 0.05) is 18.0 Å².